The third-order valence-electron chi connectivity index (χ3n) is 1.88. The predicted octanol–water partition coefficient (Wildman–Crippen LogP) is 1.76. The van der Waals surface area contributed by atoms with Gasteiger partial charge in [0.2, 0.25) is 0 Å². The van der Waals surface area contributed by atoms with E-state index in [1.807, 2.05) is 13.8 Å². The molecule has 0 unspecified atom stereocenters. The van der Waals surface area contributed by atoms with Gasteiger partial charge in [-0.1, -0.05) is 16.8 Å². The topological polar surface area (TPSA) is 56.5 Å². The highest BCUT2D eigenvalue weighted by Crippen LogP contribution is 2.19. The first-order valence-corrected chi connectivity index (χ1v) is 4.72. The fourth-order valence-corrected chi connectivity index (χ4v) is 1.49. The minimum Gasteiger partial charge on any atom is -0.224 e. The zero-order valence-corrected chi connectivity index (χ0v) is 8.95. The summed E-state index contributed by atoms with van der Waals surface area (Å²) < 4.78 is 1.73. The van der Waals surface area contributed by atoms with Crippen molar-refractivity contribution in [3.63, 3.8) is 0 Å². The molecule has 2 aromatic heterocycles. The van der Waals surface area contributed by atoms with E-state index < -0.39 is 0 Å². The Balaban J connectivity index is 2.78. The molecule has 2 heterocycles. The van der Waals surface area contributed by atoms with Gasteiger partial charge in [-0.05, 0) is 20.8 Å². The molecule has 0 fully saturated rings. The molecule has 74 valence electrons. The van der Waals surface area contributed by atoms with Crippen molar-refractivity contribution in [2.45, 2.75) is 26.8 Å². The lowest BCUT2D eigenvalue weighted by atomic mass is 10.4. The summed E-state index contributed by atoms with van der Waals surface area (Å²) in [5, 5.41) is 8.27. The van der Waals surface area contributed by atoms with Gasteiger partial charge in [0.1, 0.15) is 5.82 Å². The molecule has 0 aliphatic rings. The molecule has 5 nitrogen and oxygen atoms in total. The number of nitrogens with zero attached hydrogens (tertiary/aromatic N) is 5. The van der Waals surface area contributed by atoms with Crippen molar-refractivity contribution < 1.29 is 0 Å². The molecule has 0 aliphatic heterocycles. The highest BCUT2D eigenvalue weighted by atomic mass is 35.5. The van der Waals surface area contributed by atoms with E-state index >= 15 is 0 Å². The van der Waals surface area contributed by atoms with Crippen LogP contribution in [0.4, 0.5) is 0 Å². The van der Waals surface area contributed by atoms with Gasteiger partial charge < -0.3 is 0 Å². The van der Waals surface area contributed by atoms with E-state index in [4.69, 9.17) is 11.6 Å². The Bertz CT molecular complexity index is 476. The normalized spacial score (nSPS) is 11.5. The molecule has 0 saturated carbocycles. The molecule has 0 bridgehead atoms. The minimum absolute atomic E-state index is 0.213. The van der Waals surface area contributed by atoms with Crippen LogP contribution in [0.1, 0.15) is 25.7 Å². The van der Waals surface area contributed by atoms with Gasteiger partial charge >= 0.3 is 0 Å². The van der Waals surface area contributed by atoms with Crippen molar-refractivity contribution in [2.24, 2.45) is 0 Å². The Morgan fingerprint density at radius 1 is 1.29 bits per heavy atom. The average molecular weight is 212 g/mol. The van der Waals surface area contributed by atoms with E-state index in [2.05, 4.69) is 20.3 Å². The zero-order valence-electron chi connectivity index (χ0n) is 8.19. The summed E-state index contributed by atoms with van der Waals surface area (Å²) in [5.74, 6) is 0.631. The molecule has 0 aliphatic carbocycles. The summed E-state index contributed by atoms with van der Waals surface area (Å²) in [6.45, 7) is 5.82. The van der Waals surface area contributed by atoms with E-state index in [0.717, 1.165) is 0 Å². The van der Waals surface area contributed by atoms with E-state index in [-0.39, 0.29) is 6.04 Å². The van der Waals surface area contributed by atoms with E-state index in [1.54, 1.807) is 11.6 Å². The quantitative estimate of drug-likeness (QED) is 0.675. The lowest BCUT2D eigenvalue weighted by molar-refractivity contribution is 0.526. The van der Waals surface area contributed by atoms with Gasteiger partial charge in [0.25, 0.3) is 0 Å². The maximum Gasteiger partial charge on any atom is 0.183 e. The molecule has 0 spiro atoms. The van der Waals surface area contributed by atoms with Gasteiger partial charge in [-0.15, -0.1) is 5.10 Å². The number of rotatable bonds is 1. The molecule has 0 atom stereocenters. The maximum absolute atomic E-state index is 5.91. The first-order valence-electron chi connectivity index (χ1n) is 4.34. The van der Waals surface area contributed by atoms with E-state index in [9.17, 15) is 0 Å². The van der Waals surface area contributed by atoms with E-state index in [1.165, 1.54) is 0 Å². The van der Waals surface area contributed by atoms with Crippen molar-refractivity contribution in [1.82, 2.24) is 25.0 Å². The van der Waals surface area contributed by atoms with Crippen LogP contribution >= 0.6 is 11.6 Å². The van der Waals surface area contributed by atoms with Crippen molar-refractivity contribution in [2.75, 3.05) is 0 Å². The molecule has 14 heavy (non-hydrogen) atoms. The smallest absolute Gasteiger partial charge is 0.183 e. The standard InChI is InChI=1S/C8H10ClN5/c1-4(2)14-8-6(12-13-14)7(9)10-5(3)11-8/h4H,1-3H3. The summed E-state index contributed by atoms with van der Waals surface area (Å²) in [4.78, 5) is 8.27. The molecule has 0 radical (unpaired) electrons. The number of hydrogen-bond donors (Lipinski definition) is 0. The van der Waals surface area contributed by atoms with Crippen LogP contribution < -0.4 is 0 Å². The third kappa shape index (κ3) is 1.33. The number of fused-ring (bicyclic) bond motifs is 1. The van der Waals surface area contributed by atoms with Crippen LogP contribution in [-0.2, 0) is 0 Å². The van der Waals surface area contributed by atoms with Crippen LogP contribution in [-0.4, -0.2) is 25.0 Å². The summed E-state index contributed by atoms with van der Waals surface area (Å²) in [7, 11) is 0. The third-order valence-corrected chi connectivity index (χ3v) is 2.15. The van der Waals surface area contributed by atoms with Gasteiger partial charge in [-0.25, -0.2) is 14.6 Å². The van der Waals surface area contributed by atoms with Crippen molar-refractivity contribution in [3.8, 4) is 0 Å². The molecular formula is C8H10ClN5. The van der Waals surface area contributed by atoms with Gasteiger partial charge in [0, 0.05) is 0 Å². The summed E-state index contributed by atoms with van der Waals surface area (Å²) >= 11 is 5.91. The van der Waals surface area contributed by atoms with Crippen molar-refractivity contribution in [3.05, 3.63) is 11.0 Å². The molecule has 0 aromatic carbocycles. The second kappa shape index (κ2) is 3.16. The highest BCUT2D eigenvalue weighted by Gasteiger charge is 2.13. The molecule has 2 aromatic rings. The van der Waals surface area contributed by atoms with Crippen molar-refractivity contribution >= 4 is 22.8 Å². The Kier molecular flexibility index (Phi) is 2.11. The lowest BCUT2D eigenvalue weighted by Crippen LogP contribution is -2.04. The molecule has 0 saturated heterocycles. The number of aromatic nitrogens is 5. The summed E-state index contributed by atoms with van der Waals surface area (Å²) in [5.41, 5.74) is 1.25. The first-order chi connectivity index (χ1) is 6.59. The van der Waals surface area contributed by atoms with Crippen LogP contribution in [0.15, 0.2) is 0 Å². The largest absolute Gasteiger partial charge is 0.224 e. The Labute approximate surface area is 86.1 Å². The Hall–Kier alpha value is -1.23. The summed E-state index contributed by atoms with van der Waals surface area (Å²) in [6.07, 6.45) is 0. The molecular weight excluding hydrogens is 202 g/mol. The lowest BCUT2D eigenvalue weighted by Gasteiger charge is -2.04. The molecule has 6 heteroatoms. The van der Waals surface area contributed by atoms with Crippen LogP contribution in [0, 0.1) is 6.92 Å². The van der Waals surface area contributed by atoms with Gasteiger partial charge in [-0.3, -0.25) is 0 Å². The van der Waals surface area contributed by atoms with Gasteiger partial charge in [0.05, 0.1) is 6.04 Å². The second-order valence-corrected chi connectivity index (χ2v) is 3.72. The van der Waals surface area contributed by atoms with E-state index in [0.29, 0.717) is 22.1 Å². The van der Waals surface area contributed by atoms with Crippen LogP contribution in [0.2, 0.25) is 5.15 Å². The SMILES string of the molecule is Cc1nc(Cl)c2nnn(C(C)C)c2n1. The minimum atomic E-state index is 0.213. The molecule has 0 amide bonds. The average Bonchev–Trinajstić information content (AvgIpc) is 2.47. The first kappa shape index (κ1) is 9.33. The van der Waals surface area contributed by atoms with Gasteiger partial charge in [-0.2, -0.15) is 0 Å². The number of halogens is 1. The Morgan fingerprint density at radius 2 is 2.00 bits per heavy atom. The van der Waals surface area contributed by atoms with Crippen LogP contribution in [0.5, 0.6) is 0 Å². The monoisotopic (exact) mass is 211 g/mol. The zero-order chi connectivity index (χ0) is 10.3. The molecule has 2 rings (SSSR count). The number of aryl methyl sites for hydroxylation is 1. The second-order valence-electron chi connectivity index (χ2n) is 3.36. The highest BCUT2D eigenvalue weighted by molar-refractivity contribution is 6.33. The fraction of sp³-hybridized carbons (Fsp3) is 0.500. The molecule has 0 N–H and O–H groups in total. The Morgan fingerprint density at radius 3 is 2.64 bits per heavy atom. The van der Waals surface area contributed by atoms with Crippen LogP contribution in [0.25, 0.3) is 11.2 Å². The van der Waals surface area contributed by atoms with Crippen molar-refractivity contribution in [1.29, 1.82) is 0 Å². The fourth-order valence-electron chi connectivity index (χ4n) is 1.25. The predicted molar refractivity (Wildman–Crippen MR) is 53.3 cm³/mol. The maximum atomic E-state index is 5.91. The van der Waals surface area contributed by atoms with Gasteiger partial charge in [0.15, 0.2) is 16.3 Å². The summed E-state index contributed by atoms with van der Waals surface area (Å²) in [6, 6.07) is 0.213. The number of hydrogen-bond acceptors (Lipinski definition) is 4. The van der Waals surface area contributed by atoms with Crippen LogP contribution in [0.3, 0.4) is 0 Å².